The maximum absolute atomic E-state index is 12.3. The molecule has 28 heavy (non-hydrogen) atoms. The van der Waals surface area contributed by atoms with Crippen molar-refractivity contribution in [3.05, 3.63) is 42.5 Å². The molecule has 1 spiro atoms. The lowest BCUT2D eigenvalue weighted by molar-refractivity contribution is -0.138. The van der Waals surface area contributed by atoms with E-state index in [0.717, 1.165) is 56.0 Å². The quantitative estimate of drug-likeness (QED) is 0.864. The highest BCUT2D eigenvalue weighted by Crippen LogP contribution is 2.40. The summed E-state index contributed by atoms with van der Waals surface area (Å²) in [5.41, 5.74) is 2.08. The van der Waals surface area contributed by atoms with Gasteiger partial charge >= 0.3 is 0 Å². The van der Waals surface area contributed by atoms with Crippen LogP contribution in [0.25, 0.3) is 11.3 Å². The number of piperidine rings is 2. The number of anilines is 1. The van der Waals surface area contributed by atoms with Crippen molar-refractivity contribution in [3.63, 3.8) is 0 Å². The molecular weight excluding hydrogens is 352 g/mol. The van der Waals surface area contributed by atoms with Crippen molar-refractivity contribution in [2.24, 2.45) is 5.41 Å². The molecule has 1 amide bonds. The van der Waals surface area contributed by atoms with Gasteiger partial charge in [-0.1, -0.05) is 30.3 Å². The van der Waals surface area contributed by atoms with E-state index in [4.69, 9.17) is 5.11 Å². The number of aliphatic hydroxyl groups excluding tert-OH is 1. The van der Waals surface area contributed by atoms with Gasteiger partial charge in [0.2, 0.25) is 5.91 Å². The fourth-order valence-corrected chi connectivity index (χ4v) is 4.56. The van der Waals surface area contributed by atoms with Crippen molar-refractivity contribution in [2.45, 2.75) is 32.1 Å². The van der Waals surface area contributed by atoms with Crippen molar-refractivity contribution in [3.8, 4) is 11.3 Å². The Hall–Kier alpha value is -2.47. The number of hydrogen-bond donors (Lipinski definition) is 1. The van der Waals surface area contributed by atoms with E-state index in [1.165, 1.54) is 0 Å². The summed E-state index contributed by atoms with van der Waals surface area (Å²) in [7, 11) is 0. The molecule has 1 N–H and O–H groups in total. The van der Waals surface area contributed by atoms with Gasteiger partial charge in [-0.2, -0.15) is 0 Å². The normalized spacial score (nSPS) is 22.7. The number of amides is 1. The minimum atomic E-state index is 0.126. The Bertz CT molecular complexity index is 796. The Balaban J connectivity index is 1.47. The topological polar surface area (TPSA) is 69.6 Å². The summed E-state index contributed by atoms with van der Waals surface area (Å²) in [6.45, 7) is 3.47. The van der Waals surface area contributed by atoms with E-state index in [1.807, 2.05) is 41.3 Å². The molecule has 1 aromatic carbocycles. The standard InChI is InChI=1S/C22H28N4O2/c27-15-5-14-26-17-22(12-10-21(26)28)11-4-13-25(16-22)20-9-8-19(23-24-20)18-6-2-1-3-7-18/h1-3,6-9,27H,4-5,10-17H2/t22-/m1/s1. The molecule has 2 aromatic rings. The van der Waals surface area contributed by atoms with Crippen molar-refractivity contribution < 1.29 is 9.90 Å². The van der Waals surface area contributed by atoms with Crippen LogP contribution >= 0.6 is 0 Å². The molecular formula is C22H28N4O2. The summed E-state index contributed by atoms with van der Waals surface area (Å²) in [4.78, 5) is 16.5. The zero-order valence-corrected chi connectivity index (χ0v) is 16.3. The van der Waals surface area contributed by atoms with Crippen molar-refractivity contribution in [2.75, 3.05) is 37.7 Å². The van der Waals surface area contributed by atoms with E-state index in [0.29, 0.717) is 19.4 Å². The second-order valence-corrected chi connectivity index (χ2v) is 8.06. The molecule has 2 aliphatic heterocycles. The van der Waals surface area contributed by atoms with Gasteiger partial charge < -0.3 is 14.9 Å². The van der Waals surface area contributed by atoms with E-state index in [1.54, 1.807) is 0 Å². The Morgan fingerprint density at radius 2 is 1.89 bits per heavy atom. The first-order valence-electron chi connectivity index (χ1n) is 10.2. The Morgan fingerprint density at radius 3 is 2.64 bits per heavy atom. The van der Waals surface area contributed by atoms with Crippen LogP contribution in [0.2, 0.25) is 0 Å². The number of aliphatic hydroxyl groups is 1. The molecule has 4 rings (SSSR count). The number of nitrogens with zero attached hydrogens (tertiary/aromatic N) is 4. The number of hydrogen-bond acceptors (Lipinski definition) is 5. The van der Waals surface area contributed by atoms with Crippen molar-refractivity contribution in [1.29, 1.82) is 0 Å². The molecule has 2 fully saturated rings. The predicted octanol–water partition coefficient (Wildman–Crippen LogP) is 2.74. The molecule has 1 atom stereocenters. The van der Waals surface area contributed by atoms with Gasteiger partial charge in [0.1, 0.15) is 0 Å². The Morgan fingerprint density at radius 1 is 1.04 bits per heavy atom. The summed E-state index contributed by atoms with van der Waals surface area (Å²) >= 11 is 0. The van der Waals surface area contributed by atoms with Gasteiger partial charge in [0.25, 0.3) is 0 Å². The molecule has 0 saturated carbocycles. The fraction of sp³-hybridized carbons (Fsp3) is 0.500. The summed E-state index contributed by atoms with van der Waals surface area (Å²) in [6, 6.07) is 14.2. The minimum absolute atomic E-state index is 0.126. The molecule has 6 heteroatoms. The highest BCUT2D eigenvalue weighted by molar-refractivity contribution is 5.77. The van der Waals surface area contributed by atoms with E-state index < -0.39 is 0 Å². The first-order chi connectivity index (χ1) is 13.7. The Kier molecular flexibility index (Phi) is 5.57. The molecule has 2 aliphatic rings. The third kappa shape index (κ3) is 4.02. The number of carbonyl (C=O) groups excluding carboxylic acids is 1. The molecule has 148 valence electrons. The van der Waals surface area contributed by atoms with Gasteiger partial charge in [0, 0.05) is 50.2 Å². The van der Waals surface area contributed by atoms with Crippen LogP contribution in [0.1, 0.15) is 32.1 Å². The highest BCUT2D eigenvalue weighted by atomic mass is 16.3. The van der Waals surface area contributed by atoms with Crippen LogP contribution in [-0.4, -0.2) is 58.9 Å². The number of carbonyl (C=O) groups is 1. The third-order valence-corrected chi connectivity index (χ3v) is 6.04. The van der Waals surface area contributed by atoms with Gasteiger partial charge in [0.05, 0.1) is 5.69 Å². The van der Waals surface area contributed by atoms with Gasteiger partial charge in [0.15, 0.2) is 5.82 Å². The molecule has 0 unspecified atom stereocenters. The SMILES string of the molecule is O=C1CC[C@@]2(CCCN(c3ccc(-c4ccccc4)nn3)C2)CN1CCCO. The highest BCUT2D eigenvalue weighted by Gasteiger charge is 2.41. The lowest BCUT2D eigenvalue weighted by Crippen LogP contribution is -2.54. The summed E-state index contributed by atoms with van der Waals surface area (Å²) in [5, 5.41) is 18.1. The van der Waals surface area contributed by atoms with E-state index >= 15 is 0 Å². The molecule has 2 saturated heterocycles. The fourth-order valence-electron chi connectivity index (χ4n) is 4.56. The van der Waals surface area contributed by atoms with Gasteiger partial charge in [-0.05, 0) is 37.8 Å². The van der Waals surface area contributed by atoms with Crippen LogP contribution in [0, 0.1) is 5.41 Å². The predicted molar refractivity (Wildman–Crippen MR) is 109 cm³/mol. The zero-order chi connectivity index (χ0) is 19.4. The second kappa shape index (κ2) is 8.27. The molecule has 0 aliphatic carbocycles. The maximum Gasteiger partial charge on any atom is 0.222 e. The number of rotatable bonds is 5. The lowest BCUT2D eigenvalue weighted by atomic mass is 9.73. The molecule has 1 aromatic heterocycles. The van der Waals surface area contributed by atoms with E-state index in [9.17, 15) is 4.79 Å². The average molecular weight is 380 g/mol. The maximum atomic E-state index is 12.3. The largest absolute Gasteiger partial charge is 0.396 e. The van der Waals surface area contributed by atoms with Crippen LogP contribution in [0.3, 0.4) is 0 Å². The van der Waals surface area contributed by atoms with Gasteiger partial charge in [-0.25, -0.2) is 0 Å². The molecule has 3 heterocycles. The third-order valence-electron chi connectivity index (χ3n) is 6.04. The molecule has 6 nitrogen and oxygen atoms in total. The van der Waals surface area contributed by atoms with Gasteiger partial charge in [-0.15, -0.1) is 10.2 Å². The van der Waals surface area contributed by atoms with Crippen LogP contribution < -0.4 is 4.90 Å². The number of aromatic nitrogens is 2. The van der Waals surface area contributed by atoms with Crippen LogP contribution in [0.15, 0.2) is 42.5 Å². The van der Waals surface area contributed by atoms with Crippen LogP contribution in [0.5, 0.6) is 0 Å². The number of likely N-dealkylation sites (tertiary alicyclic amines) is 1. The lowest BCUT2D eigenvalue weighted by Gasteiger charge is -2.48. The van der Waals surface area contributed by atoms with Crippen LogP contribution in [0.4, 0.5) is 5.82 Å². The smallest absolute Gasteiger partial charge is 0.222 e. The van der Waals surface area contributed by atoms with E-state index in [2.05, 4.69) is 21.2 Å². The monoisotopic (exact) mass is 380 g/mol. The van der Waals surface area contributed by atoms with Crippen molar-refractivity contribution in [1.82, 2.24) is 15.1 Å². The Labute approximate surface area is 166 Å². The van der Waals surface area contributed by atoms with Crippen molar-refractivity contribution >= 4 is 11.7 Å². The first kappa shape index (κ1) is 18.9. The first-order valence-corrected chi connectivity index (χ1v) is 10.2. The number of benzene rings is 1. The second-order valence-electron chi connectivity index (χ2n) is 8.06. The summed E-state index contributed by atoms with van der Waals surface area (Å²) in [6.07, 6.45) is 4.44. The van der Waals surface area contributed by atoms with Crippen LogP contribution in [-0.2, 0) is 4.79 Å². The minimum Gasteiger partial charge on any atom is -0.396 e. The zero-order valence-electron chi connectivity index (χ0n) is 16.3. The summed E-state index contributed by atoms with van der Waals surface area (Å²) < 4.78 is 0. The summed E-state index contributed by atoms with van der Waals surface area (Å²) in [5.74, 6) is 1.14. The van der Waals surface area contributed by atoms with E-state index in [-0.39, 0.29) is 17.9 Å². The average Bonchev–Trinajstić information content (AvgIpc) is 2.75. The molecule has 0 radical (unpaired) electrons. The van der Waals surface area contributed by atoms with Gasteiger partial charge in [-0.3, -0.25) is 4.79 Å². The molecule has 0 bridgehead atoms.